The highest BCUT2D eigenvalue weighted by Gasteiger charge is 2.29. The first kappa shape index (κ1) is 18.2. The van der Waals surface area contributed by atoms with Crippen molar-refractivity contribution in [3.63, 3.8) is 0 Å². The molecular weight excluding hydrogens is 332 g/mol. The van der Waals surface area contributed by atoms with E-state index in [0.29, 0.717) is 23.7 Å². The fourth-order valence-electron chi connectivity index (χ4n) is 3.16. The van der Waals surface area contributed by atoms with Gasteiger partial charge in [0.15, 0.2) is 0 Å². The first-order valence-electron chi connectivity index (χ1n) is 8.87. The van der Waals surface area contributed by atoms with E-state index in [2.05, 4.69) is 21.9 Å². The smallest absolute Gasteiger partial charge is 0.274 e. The molecular formula is C18H24N6O2. The topological polar surface area (TPSA) is 101 Å². The average molecular weight is 356 g/mol. The largest absolute Gasteiger partial charge is 0.326 e. The van der Waals surface area contributed by atoms with Crippen molar-refractivity contribution in [1.82, 2.24) is 15.0 Å². The molecule has 138 valence electrons. The van der Waals surface area contributed by atoms with E-state index in [1.54, 1.807) is 25.3 Å². The van der Waals surface area contributed by atoms with E-state index in [0.717, 1.165) is 31.5 Å². The second kappa shape index (κ2) is 7.76. The Labute approximate surface area is 152 Å². The van der Waals surface area contributed by atoms with Crippen molar-refractivity contribution in [3.8, 4) is 0 Å². The maximum absolute atomic E-state index is 11.4. The van der Waals surface area contributed by atoms with Crippen molar-refractivity contribution in [1.29, 1.82) is 0 Å². The van der Waals surface area contributed by atoms with E-state index in [1.165, 1.54) is 0 Å². The molecule has 0 spiro atoms. The number of nitrogens with zero attached hydrogens (tertiary/aromatic N) is 5. The van der Waals surface area contributed by atoms with Gasteiger partial charge in [-0.05, 0) is 31.9 Å². The highest BCUT2D eigenvalue weighted by Crippen LogP contribution is 2.31. The normalized spacial score (nSPS) is 17.4. The van der Waals surface area contributed by atoms with Gasteiger partial charge < -0.3 is 5.73 Å². The van der Waals surface area contributed by atoms with Gasteiger partial charge in [-0.1, -0.05) is 19.4 Å². The lowest BCUT2D eigenvalue weighted by Crippen LogP contribution is -2.40. The Hall–Kier alpha value is -2.58. The van der Waals surface area contributed by atoms with Crippen LogP contribution < -0.4 is 10.7 Å². The van der Waals surface area contributed by atoms with Crippen LogP contribution >= 0.6 is 0 Å². The predicted octanol–water partition coefficient (Wildman–Crippen LogP) is 2.73. The summed E-state index contributed by atoms with van der Waals surface area (Å²) in [5, 5.41) is 15.3. The Morgan fingerprint density at radius 1 is 1.42 bits per heavy atom. The van der Waals surface area contributed by atoms with E-state index in [9.17, 15) is 10.1 Å². The number of aryl methyl sites for hydroxylation is 2. The van der Waals surface area contributed by atoms with Crippen molar-refractivity contribution in [2.24, 2.45) is 5.73 Å². The molecule has 0 bridgehead atoms. The molecule has 1 aromatic heterocycles. The van der Waals surface area contributed by atoms with E-state index >= 15 is 0 Å². The minimum atomic E-state index is -0.360. The summed E-state index contributed by atoms with van der Waals surface area (Å²) >= 11 is 0. The fraction of sp³-hybridized carbons (Fsp3) is 0.444. The van der Waals surface area contributed by atoms with E-state index in [4.69, 9.17) is 5.73 Å². The fourth-order valence-corrected chi connectivity index (χ4v) is 3.16. The zero-order valence-electron chi connectivity index (χ0n) is 15.1. The monoisotopic (exact) mass is 356 g/mol. The molecule has 1 aliphatic heterocycles. The summed E-state index contributed by atoms with van der Waals surface area (Å²) in [4.78, 5) is 20.1. The van der Waals surface area contributed by atoms with Crippen LogP contribution in [0.2, 0.25) is 0 Å². The second-order valence-corrected chi connectivity index (χ2v) is 6.60. The Bertz CT molecular complexity index is 797. The predicted molar refractivity (Wildman–Crippen MR) is 100 cm³/mol. The summed E-state index contributed by atoms with van der Waals surface area (Å²) in [6.45, 7) is 5.24. The minimum absolute atomic E-state index is 0.0664. The van der Waals surface area contributed by atoms with E-state index < -0.39 is 0 Å². The number of benzene rings is 1. The molecule has 2 N–H and O–H groups in total. The van der Waals surface area contributed by atoms with Gasteiger partial charge in [0.25, 0.3) is 5.69 Å². The lowest BCUT2D eigenvalue weighted by Gasteiger charge is -2.32. The lowest BCUT2D eigenvalue weighted by atomic mass is 10.2. The van der Waals surface area contributed by atoms with Crippen LogP contribution in [0.5, 0.6) is 0 Å². The van der Waals surface area contributed by atoms with Gasteiger partial charge >= 0.3 is 0 Å². The zero-order valence-corrected chi connectivity index (χ0v) is 15.1. The number of rotatable bonds is 6. The SMILES string of the molecule is CCCc1ccnc(N(c2ccc(C)c([N+](=O)[O-])c2)N2CC[C@H](N)C2)n1. The van der Waals surface area contributed by atoms with Crippen molar-refractivity contribution in [2.45, 2.75) is 39.2 Å². The summed E-state index contributed by atoms with van der Waals surface area (Å²) in [6.07, 6.45) is 4.44. The molecule has 2 heterocycles. The van der Waals surface area contributed by atoms with Gasteiger partial charge in [0.1, 0.15) is 0 Å². The number of hydrogen-bond donors (Lipinski definition) is 1. The van der Waals surface area contributed by atoms with Crippen LogP contribution in [0.15, 0.2) is 30.5 Å². The van der Waals surface area contributed by atoms with Gasteiger partial charge in [0.05, 0.1) is 10.6 Å². The number of hydrazine groups is 1. The maximum Gasteiger partial charge on any atom is 0.274 e. The Kier molecular flexibility index (Phi) is 5.43. The van der Waals surface area contributed by atoms with Gasteiger partial charge in [0, 0.05) is 42.7 Å². The molecule has 8 heteroatoms. The Balaban J connectivity index is 2.06. The van der Waals surface area contributed by atoms with Gasteiger partial charge in [0.2, 0.25) is 5.95 Å². The molecule has 3 rings (SSSR count). The van der Waals surface area contributed by atoms with Crippen LogP contribution in [0.25, 0.3) is 0 Å². The Morgan fingerprint density at radius 2 is 2.23 bits per heavy atom. The van der Waals surface area contributed by atoms with Crippen LogP contribution in [-0.4, -0.2) is 39.0 Å². The van der Waals surface area contributed by atoms with Gasteiger partial charge in [-0.3, -0.25) is 10.1 Å². The molecule has 1 aromatic carbocycles. The number of nitro groups is 1. The highest BCUT2D eigenvalue weighted by molar-refractivity contribution is 5.62. The van der Waals surface area contributed by atoms with E-state index in [1.807, 2.05) is 17.1 Å². The molecule has 1 aliphatic rings. The van der Waals surface area contributed by atoms with Gasteiger partial charge in [-0.2, -0.15) is 0 Å². The average Bonchev–Trinajstić information content (AvgIpc) is 3.03. The van der Waals surface area contributed by atoms with Crippen molar-refractivity contribution >= 4 is 17.3 Å². The number of hydrogen-bond acceptors (Lipinski definition) is 7. The third kappa shape index (κ3) is 3.81. The lowest BCUT2D eigenvalue weighted by molar-refractivity contribution is -0.385. The molecule has 0 saturated carbocycles. The minimum Gasteiger partial charge on any atom is -0.326 e. The summed E-state index contributed by atoms with van der Waals surface area (Å²) in [5.41, 5.74) is 8.41. The highest BCUT2D eigenvalue weighted by atomic mass is 16.6. The first-order valence-corrected chi connectivity index (χ1v) is 8.87. The van der Waals surface area contributed by atoms with Crippen molar-refractivity contribution < 1.29 is 4.92 Å². The molecule has 0 aliphatic carbocycles. The van der Waals surface area contributed by atoms with Gasteiger partial charge in [-0.25, -0.2) is 20.0 Å². The summed E-state index contributed by atoms with van der Waals surface area (Å²) in [6, 6.07) is 7.17. The zero-order chi connectivity index (χ0) is 18.7. The van der Waals surface area contributed by atoms with Crippen LogP contribution in [0, 0.1) is 17.0 Å². The molecule has 26 heavy (non-hydrogen) atoms. The Morgan fingerprint density at radius 3 is 2.88 bits per heavy atom. The number of nitro benzene ring substituents is 1. The summed E-state index contributed by atoms with van der Waals surface area (Å²) in [5.74, 6) is 0.517. The first-order chi connectivity index (χ1) is 12.5. The summed E-state index contributed by atoms with van der Waals surface area (Å²) in [7, 11) is 0. The molecule has 2 aromatic rings. The second-order valence-electron chi connectivity index (χ2n) is 6.60. The third-order valence-corrected chi connectivity index (χ3v) is 4.52. The van der Waals surface area contributed by atoms with E-state index in [-0.39, 0.29) is 16.7 Å². The number of anilines is 2. The number of nitrogens with two attached hydrogens (primary N) is 1. The molecule has 1 atom stereocenters. The summed E-state index contributed by atoms with van der Waals surface area (Å²) < 4.78 is 0. The molecule has 0 amide bonds. The standard InChI is InChI=1S/C18H24N6O2/c1-3-4-15-7-9-20-18(21-15)23(22-10-8-14(19)12-22)16-6-5-13(2)17(11-16)24(25)26/h5-7,9,11,14H,3-4,8,10,12,19H2,1-2H3/t14-/m0/s1. The van der Waals surface area contributed by atoms with Crippen LogP contribution in [0.4, 0.5) is 17.3 Å². The van der Waals surface area contributed by atoms with Gasteiger partial charge in [-0.15, -0.1) is 0 Å². The molecule has 8 nitrogen and oxygen atoms in total. The molecule has 1 fully saturated rings. The van der Waals surface area contributed by atoms with Crippen LogP contribution in [0.3, 0.4) is 0 Å². The molecule has 1 saturated heterocycles. The van der Waals surface area contributed by atoms with Crippen molar-refractivity contribution in [3.05, 3.63) is 51.8 Å². The van der Waals surface area contributed by atoms with Crippen molar-refractivity contribution in [2.75, 3.05) is 18.1 Å². The molecule has 0 unspecified atom stereocenters. The maximum atomic E-state index is 11.4. The number of aromatic nitrogens is 2. The quantitative estimate of drug-likeness (QED) is 0.627. The third-order valence-electron chi connectivity index (χ3n) is 4.52. The van der Waals surface area contributed by atoms with Crippen LogP contribution in [0.1, 0.15) is 31.0 Å². The molecule has 0 radical (unpaired) electrons. The van der Waals surface area contributed by atoms with Crippen LogP contribution in [-0.2, 0) is 6.42 Å².